The van der Waals surface area contributed by atoms with E-state index in [1.165, 1.54) is 6.42 Å². The number of phenolic OH excluding ortho intramolecular Hbond substituents is 1. The number of carbonyl (C=O) groups excluding carboxylic acids is 1. The maximum Gasteiger partial charge on any atom is 0.257 e. The summed E-state index contributed by atoms with van der Waals surface area (Å²) in [7, 11) is 1.80. The molecule has 0 spiro atoms. The maximum absolute atomic E-state index is 12.1. The highest BCUT2D eigenvalue weighted by Gasteiger charge is 2.27. The molecule has 1 aliphatic rings. The van der Waals surface area contributed by atoms with Gasteiger partial charge in [-0.1, -0.05) is 15.9 Å². The lowest BCUT2D eigenvalue weighted by molar-refractivity contribution is 0.0649. The van der Waals surface area contributed by atoms with Crippen molar-refractivity contribution in [3.05, 3.63) is 28.2 Å². The summed E-state index contributed by atoms with van der Waals surface area (Å²) >= 11 is 3.25. The van der Waals surface area contributed by atoms with Crippen LogP contribution < -0.4 is 0 Å². The fourth-order valence-electron chi connectivity index (χ4n) is 1.82. The predicted molar refractivity (Wildman–Crippen MR) is 65.5 cm³/mol. The summed E-state index contributed by atoms with van der Waals surface area (Å²) in [5, 5.41) is 9.71. The minimum absolute atomic E-state index is 0.0329. The minimum atomic E-state index is -0.102. The molecule has 0 aliphatic heterocycles. The molecular weight excluding hydrogens is 270 g/mol. The van der Waals surface area contributed by atoms with Crippen LogP contribution in [0.4, 0.5) is 0 Å². The second kappa shape index (κ2) is 4.45. The number of benzene rings is 1. The van der Waals surface area contributed by atoms with E-state index in [9.17, 15) is 9.90 Å². The normalized spacial score (nSPS) is 15.6. The molecular formula is C12H14BrNO2. The lowest BCUT2D eigenvalue weighted by Gasteiger charge is -2.34. The molecule has 0 saturated heterocycles. The van der Waals surface area contributed by atoms with Gasteiger partial charge in [-0.05, 0) is 37.5 Å². The first kappa shape index (κ1) is 11.5. The van der Waals surface area contributed by atoms with Gasteiger partial charge in [0.05, 0.1) is 5.56 Å². The Hall–Kier alpha value is -1.03. The Balaban J connectivity index is 2.19. The summed E-state index contributed by atoms with van der Waals surface area (Å²) in [6.07, 6.45) is 3.33. The van der Waals surface area contributed by atoms with Crippen molar-refractivity contribution in [3.8, 4) is 5.75 Å². The smallest absolute Gasteiger partial charge is 0.257 e. The van der Waals surface area contributed by atoms with Gasteiger partial charge in [-0.25, -0.2) is 0 Å². The van der Waals surface area contributed by atoms with Crippen molar-refractivity contribution < 1.29 is 9.90 Å². The number of carbonyl (C=O) groups is 1. The van der Waals surface area contributed by atoms with Crippen LogP contribution in [-0.4, -0.2) is 29.0 Å². The van der Waals surface area contributed by atoms with E-state index in [-0.39, 0.29) is 11.7 Å². The molecule has 0 bridgehead atoms. The number of nitrogens with zero attached hydrogens (tertiary/aromatic N) is 1. The molecule has 0 radical (unpaired) electrons. The van der Waals surface area contributed by atoms with Crippen LogP contribution in [0.15, 0.2) is 22.7 Å². The SMILES string of the molecule is CN(C(=O)c1ccc(Br)cc1O)C1CCC1. The molecule has 1 aromatic carbocycles. The van der Waals surface area contributed by atoms with Gasteiger partial charge < -0.3 is 10.0 Å². The van der Waals surface area contributed by atoms with Crippen LogP contribution in [-0.2, 0) is 0 Å². The van der Waals surface area contributed by atoms with Crippen LogP contribution in [0.5, 0.6) is 5.75 Å². The van der Waals surface area contributed by atoms with Gasteiger partial charge in [0.1, 0.15) is 5.75 Å². The third-order valence-corrected chi connectivity index (χ3v) is 3.63. The highest BCUT2D eigenvalue weighted by molar-refractivity contribution is 9.10. The zero-order valence-corrected chi connectivity index (χ0v) is 10.7. The molecule has 1 aliphatic carbocycles. The number of halogens is 1. The average molecular weight is 284 g/mol. The molecule has 0 heterocycles. The van der Waals surface area contributed by atoms with Crippen molar-refractivity contribution in [1.82, 2.24) is 4.90 Å². The zero-order chi connectivity index (χ0) is 11.7. The molecule has 4 heteroatoms. The van der Waals surface area contributed by atoms with Crippen molar-refractivity contribution in [3.63, 3.8) is 0 Å². The number of phenols is 1. The Morgan fingerprint density at radius 1 is 1.50 bits per heavy atom. The first-order valence-corrected chi connectivity index (χ1v) is 6.14. The summed E-state index contributed by atoms with van der Waals surface area (Å²) in [5.41, 5.74) is 0.373. The highest BCUT2D eigenvalue weighted by Crippen LogP contribution is 2.28. The Labute approximate surface area is 103 Å². The molecule has 16 heavy (non-hydrogen) atoms. The molecule has 3 nitrogen and oxygen atoms in total. The monoisotopic (exact) mass is 283 g/mol. The van der Waals surface area contributed by atoms with E-state index in [4.69, 9.17) is 0 Å². The minimum Gasteiger partial charge on any atom is -0.507 e. The highest BCUT2D eigenvalue weighted by atomic mass is 79.9. The molecule has 86 valence electrons. The molecule has 1 aromatic rings. The van der Waals surface area contributed by atoms with Gasteiger partial charge in [-0.3, -0.25) is 4.79 Å². The summed E-state index contributed by atoms with van der Waals surface area (Å²) in [4.78, 5) is 13.8. The number of aromatic hydroxyl groups is 1. The molecule has 0 unspecified atom stereocenters. The lowest BCUT2D eigenvalue weighted by atomic mass is 9.91. The van der Waals surface area contributed by atoms with E-state index in [1.807, 2.05) is 0 Å². The van der Waals surface area contributed by atoms with Gasteiger partial charge in [0, 0.05) is 17.6 Å². The third-order valence-electron chi connectivity index (χ3n) is 3.13. The molecule has 0 atom stereocenters. The molecule has 1 amide bonds. The lowest BCUT2D eigenvalue weighted by Crippen LogP contribution is -2.41. The standard InChI is InChI=1S/C12H14BrNO2/c1-14(9-3-2-4-9)12(16)10-6-5-8(13)7-11(10)15/h5-7,9,15H,2-4H2,1H3. The van der Waals surface area contributed by atoms with Crippen LogP contribution in [0.1, 0.15) is 29.6 Å². The van der Waals surface area contributed by atoms with E-state index in [0.717, 1.165) is 17.3 Å². The fourth-order valence-corrected chi connectivity index (χ4v) is 2.16. The summed E-state index contributed by atoms with van der Waals surface area (Å²) < 4.78 is 0.771. The van der Waals surface area contributed by atoms with Crippen molar-refractivity contribution in [1.29, 1.82) is 0 Å². The topological polar surface area (TPSA) is 40.5 Å². The van der Waals surface area contributed by atoms with Crippen LogP contribution in [0.2, 0.25) is 0 Å². The van der Waals surface area contributed by atoms with Gasteiger partial charge in [0.2, 0.25) is 0 Å². The van der Waals surface area contributed by atoms with E-state index in [1.54, 1.807) is 30.1 Å². The van der Waals surface area contributed by atoms with Gasteiger partial charge >= 0.3 is 0 Å². The number of hydrogen-bond acceptors (Lipinski definition) is 2. The fraction of sp³-hybridized carbons (Fsp3) is 0.417. The van der Waals surface area contributed by atoms with Crippen LogP contribution in [0, 0.1) is 0 Å². The van der Waals surface area contributed by atoms with Crippen molar-refractivity contribution in [2.75, 3.05) is 7.05 Å². The third kappa shape index (κ3) is 2.07. The van der Waals surface area contributed by atoms with Gasteiger partial charge in [-0.2, -0.15) is 0 Å². The summed E-state index contributed by atoms with van der Waals surface area (Å²) in [6, 6.07) is 5.30. The Kier molecular flexibility index (Phi) is 3.19. The van der Waals surface area contributed by atoms with E-state index in [2.05, 4.69) is 15.9 Å². The zero-order valence-electron chi connectivity index (χ0n) is 9.11. The van der Waals surface area contributed by atoms with Crippen molar-refractivity contribution in [2.45, 2.75) is 25.3 Å². The van der Waals surface area contributed by atoms with Gasteiger partial charge in [0.15, 0.2) is 0 Å². The van der Waals surface area contributed by atoms with Gasteiger partial charge in [0.25, 0.3) is 5.91 Å². The van der Waals surface area contributed by atoms with Crippen LogP contribution >= 0.6 is 15.9 Å². The van der Waals surface area contributed by atoms with Crippen LogP contribution in [0.3, 0.4) is 0 Å². The second-order valence-electron chi connectivity index (χ2n) is 4.16. The first-order chi connectivity index (χ1) is 7.59. The largest absolute Gasteiger partial charge is 0.507 e. The number of hydrogen-bond donors (Lipinski definition) is 1. The summed E-state index contributed by atoms with van der Waals surface area (Å²) in [5.74, 6) is -0.0692. The maximum atomic E-state index is 12.1. The molecule has 2 rings (SSSR count). The first-order valence-electron chi connectivity index (χ1n) is 5.35. The second-order valence-corrected chi connectivity index (χ2v) is 5.08. The van der Waals surface area contributed by atoms with E-state index in [0.29, 0.717) is 11.6 Å². The Morgan fingerprint density at radius 2 is 2.19 bits per heavy atom. The number of amides is 1. The average Bonchev–Trinajstić information content (AvgIpc) is 2.14. The molecule has 0 aromatic heterocycles. The molecule has 1 N–H and O–H groups in total. The van der Waals surface area contributed by atoms with E-state index < -0.39 is 0 Å². The van der Waals surface area contributed by atoms with Gasteiger partial charge in [-0.15, -0.1) is 0 Å². The van der Waals surface area contributed by atoms with E-state index >= 15 is 0 Å². The predicted octanol–water partition coefficient (Wildman–Crippen LogP) is 2.78. The molecule has 1 fully saturated rings. The Bertz CT molecular complexity index is 415. The number of rotatable bonds is 2. The van der Waals surface area contributed by atoms with Crippen LogP contribution in [0.25, 0.3) is 0 Å². The quantitative estimate of drug-likeness (QED) is 0.907. The molecule has 1 saturated carbocycles. The van der Waals surface area contributed by atoms with Crippen molar-refractivity contribution in [2.24, 2.45) is 0 Å². The van der Waals surface area contributed by atoms with Crippen molar-refractivity contribution >= 4 is 21.8 Å². The Morgan fingerprint density at radius 3 is 2.69 bits per heavy atom. The summed E-state index contributed by atoms with van der Waals surface area (Å²) in [6.45, 7) is 0.